The van der Waals surface area contributed by atoms with Crippen LogP contribution in [0.3, 0.4) is 0 Å². The fourth-order valence-electron chi connectivity index (χ4n) is 7.08. The lowest BCUT2D eigenvalue weighted by Crippen LogP contribution is -2.30. The highest BCUT2D eigenvalue weighted by molar-refractivity contribution is 5.92. The average Bonchev–Trinajstić information content (AvgIpc) is 2.80. The molecule has 2 saturated carbocycles. The van der Waals surface area contributed by atoms with E-state index in [0.717, 1.165) is 41.7 Å². The molecule has 178 valence electrons. The van der Waals surface area contributed by atoms with Gasteiger partial charge in [0.1, 0.15) is 11.9 Å². The standard InChI is InChI=1S/C29H43FO2/c1-4-6-20-8-10-22(11-9-20)23-14-12-21(13-15-23)19(3)26-17-16-24-18-25(7-5-2)32-29(31)27(24)28(26)30/h16-17,19-23,25H,4-15,18H2,1-3H3. The zero-order chi connectivity index (χ0) is 22.7. The fraction of sp³-hybridized carbons (Fsp3) is 0.759. The van der Waals surface area contributed by atoms with E-state index in [1.54, 1.807) is 0 Å². The van der Waals surface area contributed by atoms with Gasteiger partial charge in [0.05, 0.1) is 5.56 Å². The molecule has 2 atom stereocenters. The molecular weight excluding hydrogens is 399 g/mol. The minimum Gasteiger partial charge on any atom is -0.458 e. The summed E-state index contributed by atoms with van der Waals surface area (Å²) in [6.07, 6.45) is 15.8. The van der Waals surface area contributed by atoms with Crippen molar-refractivity contribution in [2.24, 2.45) is 23.7 Å². The van der Waals surface area contributed by atoms with Gasteiger partial charge in [-0.15, -0.1) is 0 Å². The normalized spacial score (nSPS) is 31.6. The molecule has 0 spiro atoms. The van der Waals surface area contributed by atoms with E-state index in [9.17, 15) is 4.79 Å². The third-order valence-corrected chi connectivity index (χ3v) is 9.06. The molecule has 2 nitrogen and oxygen atoms in total. The van der Waals surface area contributed by atoms with Crippen molar-refractivity contribution in [2.45, 2.75) is 116 Å². The molecule has 1 aromatic rings. The van der Waals surface area contributed by atoms with E-state index in [0.29, 0.717) is 12.3 Å². The van der Waals surface area contributed by atoms with E-state index >= 15 is 4.39 Å². The Morgan fingerprint density at radius 2 is 1.56 bits per heavy atom. The highest BCUT2D eigenvalue weighted by atomic mass is 19.1. The van der Waals surface area contributed by atoms with Crippen LogP contribution < -0.4 is 0 Å². The molecular formula is C29H43FO2. The van der Waals surface area contributed by atoms with E-state index in [-0.39, 0.29) is 23.4 Å². The monoisotopic (exact) mass is 442 g/mol. The third kappa shape index (κ3) is 5.07. The number of esters is 1. The second-order valence-corrected chi connectivity index (χ2v) is 11.1. The van der Waals surface area contributed by atoms with Crippen LogP contribution in [0.4, 0.5) is 4.39 Å². The Kier molecular flexibility index (Phi) is 7.95. The molecule has 32 heavy (non-hydrogen) atoms. The Balaban J connectivity index is 1.36. The number of hydrogen-bond donors (Lipinski definition) is 0. The SMILES string of the molecule is CCCC1CCC(C2CCC(C(C)c3ccc4c(c3F)C(=O)OC(CCC)C4)CC2)CC1. The number of cyclic esters (lactones) is 1. The van der Waals surface area contributed by atoms with Crippen molar-refractivity contribution in [3.05, 3.63) is 34.6 Å². The maximum Gasteiger partial charge on any atom is 0.341 e. The van der Waals surface area contributed by atoms with Gasteiger partial charge < -0.3 is 4.74 Å². The van der Waals surface area contributed by atoms with Gasteiger partial charge in [-0.3, -0.25) is 0 Å². The summed E-state index contributed by atoms with van der Waals surface area (Å²) in [5.41, 5.74) is 1.76. The Bertz CT molecular complexity index is 772. The summed E-state index contributed by atoms with van der Waals surface area (Å²) in [7, 11) is 0. The first-order valence-corrected chi connectivity index (χ1v) is 13.5. The lowest BCUT2D eigenvalue weighted by molar-refractivity contribution is 0.0229. The van der Waals surface area contributed by atoms with Crippen LogP contribution in [-0.4, -0.2) is 12.1 Å². The minimum atomic E-state index is -0.460. The number of carbonyl (C=O) groups excluding carboxylic acids is 1. The van der Waals surface area contributed by atoms with E-state index in [4.69, 9.17) is 4.74 Å². The molecule has 2 fully saturated rings. The number of rotatable bonds is 7. The number of fused-ring (bicyclic) bond motifs is 1. The van der Waals surface area contributed by atoms with Gasteiger partial charge in [0.15, 0.2) is 0 Å². The van der Waals surface area contributed by atoms with Gasteiger partial charge >= 0.3 is 5.97 Å². The topological polar surface area (TPSA) is 26.3 Å². The molecule has 1 heterocycles. The van der Waals surface area contributed by atoms with Crippen molar-refractivity contribution in [3.63, 3.8) is 0 Å². The van der Waals surface area contributed by atoms with Crippen LogP contribution in [0.1, 0.15) is 125 Å². The lowest BCUT2D eigenvalue weighted by Gasteiger charge is -2.39. The number of carbonyl (C=O) groups is 1. The van der Waals surface area contributed by atoms with Crippen LogP contribution in [0, 0.1) is 29.5 Å². The molecule has 0 saturated heterocycles. The van der Waals surface area contributed by atoms with Crippen LogP contribution in [-0.2, 0) is 11.2 Å². The number of benzene rings is 1. The van der Waals surface area contributed by atoms with Crippen LogP contribution in [0.5, 0.6) is 0 Å². The minimum absolute atomic E-state index is 0.102. The predicted molar refractivity (Wildman–Crippen MR) is 128 cm³/mol. The molecule has 2 aliphatic carbocycles. The van der Waals surface area contributed by atoms with Crippen molar-refractivity contribution in [1.29, 1.82) is 0 Å². The lowest BCUT2D eigenvalue weighted by atomic mass is 9.66. The summed E-state index contributed by atoms with van der Waals surface area (Å²) in [5.74, 6) is 2.67. The van der Waals surface area contributed by atoms with Crippen molar-refractivity contribution in [1.82, 2.24) is 0 Å². The molecule has 0 bridgehead atoms. The second-order valence-electron chi connectivity index (χ2n) is 11.1. The number of ether oxygens (including phenoxy) is 1. The largest absolute Gasteiger partial charge is 0.458 e. The summed E-state index contributed by atoms with van der Waals surface area (Å²) in [6, 6.07) is 3.95. The molecule has 4 rings (SSSR count). The zero-order valence-corrected chi connectivity index (χ0v) is 20.5. The molecule has 1 aliphatic heterocycles. The van der Waals surface area contributed by atoms with Gasteiger partial charge in [0.2, 0.25) is 0 Å². The van der Waals surface area contributed by atoms with E-state index in [2.05, 4.69) is 20.8 Å². The van der Waals surface area contributed by atoms with Gasteiger partial charge in [0, 0.05) is 6.42 Å². The molecule has 0 aromatic heterocycles. The van der Waals surface area contributed by atoms with Crippen molar-refractivity contribution in [3.8, 4) is 0 Å². The maximum atomic E-state index is 15.5. The zero-order valence-electron chi connectivity index (χ0n) is 20.5. The highest BCUT2D eigenvalue weighted by Crippen LogP contribution is 2.45. The van der Waals surface area contributed by atoms with Gasteiger partial charge in [0.25, 0.3) is 0 Å². The Morgan fingerprint density at radius 1 is 0.938 bits per heavy atom. The van der Waals surface area contributed by atoms with E-state index in [1.165, 1.54) is 64.2 Å². The summed E-state index contributed by atoms with van der Waals surface area (Å²) in [5, 5.41) is 0. The van der Waals surface area contributed by atoms with Crippen molar-refractivity contribution < 1.29 is 13.9 Å². The molecule has 0 radical (unpaired) electrons. The first-order chi connectivity index (χ1) is 15.5. The molecule has 3 aliphatic rings. The third-order valence-electron chi connectivity index (χ3n) is 9.06. The predicted octanol–water partition coefficient (Wildman–Crippen LogP) is 8.22. The van der Waals surface area contributed by atoms with Crippen molar-refractivity contribution in [2.75, 3.05) is 0 Å². The Morgan fingerprint density at radius 3 is 2.19 bits per heavy atom. The second kappa shape index (κ2) is 10.7. The molecule has 1 aromatic carbocycles. The number of hydrogen-bond acceptors (Lipinski definition) is 2. The van der Waals surface area contributed by atoms with Crippen LogP contribution >= 0.6 is 0 Å². The van der Waals surface area contributed by atoms with Crippen LogP contribution in [0.25, 0.3) is 0 Å². The fourth-order valence-corrected chi connectivity index (χ4v) is 7.08. The first-order valence-electron chi connectivity index (χ1n) is 13.5. The quantitative estimate of drug-likeness (QED) is 0.398. The Labute approximate surface area is 194 Å². The average molecular weight is 443 g/mol. The van der Waals surface area contributed by atoms with Gasteiger partial charge in [-0.1, -0.05) is 65.0 Å². The summed E-state index contributed by atoms with van der Waals surface area (Å²) in [4.78, 5) is 12.6. The molecule has 0 N–H and O–H groups in total. The van der Waals surface area contributed by atoms with Crippen LogP contribution in [0.2, 0.25) is 0 Å². The summed E-state index contributed by atoms with van der Waals surface area (Å²) < 4.78 is 21.0. The smallest absolute Gasteiger partial charge is 0.341 e. The van der Waals surface area contributed by atoms with E-state index in [1.807, 2.05) is 12.1 Å². The van der Waals surface area contributed by atoms with Gasteiger partial charge in [-0.05, 0) is 85.7 Å². The molecule has 2 unspecified atom stereocenters. The van der Waals surface area contributed by atoms with E-state index < -0.39 is 5.97 Å². The number of halogens is 1. The van der Waals surface area contributed by atoms with Crippen molar-refractivity contribution >= 4 is 5.97 Å². The maximum absolute atomic E-state index is 15.5. The van der Waals surface area contributed by atoms with Gasteiger partial charge in [-0.2, -0.15) is 0 Å². The summed E-state index contributed by atoms with van der Waals surface area (Å²) >= 11 is 0. The summed E-state index contributed by atoms with van der Waals surface area (Å²) in [6.45, 7) is 6.56. The van der Waals surface area contributed by atoms with Gasteiger partial charge in [-0.25, -0.2) is 9.18 Å². The molecule has 0 amide bonds. The highest BCUT2D eigenvalue weighted by Gasteiger charge is 2.35. The first kappa shape index (κ1) is 23.8. The Hall–Kier alpha value is -1.38. The molecule has 3 heteroatoms. The van der Waals surface area contributed by atoms with Crippen LogP contribution in [0.15, 0.2) is 12.1 Å².